The molecule has 0 aliphatic carbocycles. The van der Waals surface area contributed by atoms with Gasteiger partial charge in [0.1, 0.15) is 6.26 Å². The standard InChI is InChI=1S/C12H17NO3S/c1-15-11-6-9-4-5-13(17(3)14)8-10(9)7-12(11)16-2/h6-7H,4-5,8H2,1-3H3. The van der Waals surface area contributed by atoms with Crippen molar-refractivity contribution < 1.29 is 14.0 Å². The van der Waals surface area contributed by atoms with Gasteiger partial charge in [0.2, 0.25) is 0 Å². The number of ether oxygens (including phenoxy) is 2. The molecule has 17 heavy (non-hydrogen) atoms. The van der Waals surface area contributed by atoms with Crippen molar-refractivity contribution in [1.82, 2.24) is 4.31 Å². The van der Waals surface area contributed by atoms with E-state index in [9.17, 15) is 4.55 Å². The van der Waals surface area contributed by atoms with Crippen LogP contribution in [0.5, 0.6) is 11.5 Å². The molecule has 0 bridgehead atoms. The van der Waals surface area contributed by atoms with Crippen molar-refractivity contribution in [3.8, 4) is 11.5 Å². The smallest absolute Gasteiger partial charge is 0.161 e. The zero-order valence-corrected chi connectivity index (χ0v) is 11.2. The molecule has 0 fully saturated rings. The highest BCUT2D eigenvalue weighted by molar-refractivity contribution is 7.88. The topological polar surface area (TPSA) is 44.8 Å². The van der Waals surface area contributed by atoms with Crippen molar-refractivity contribution in [3.05, 3.63) is 23.3 Å². The first-order valence-corrected chi connectivity index (χ1v) is 6.99. The summed E-state index contributed by atoms with van der Waals surface area (Å²) in [4.78, 5) is 0. The van der Waals surface area contributed by atoms with Gasteiger partial charge in [-0.15, -0.1) is 4.31 Å². The molecule has 1 aliphatic heterocycles. The van der Waals surface area contributed by atoms with Crippen LogP contribution >= 0.6 is 0 Å². The van der Waals surface area contributed by atoms with Crippen molar-refractivity contribution in [2.75, 3.05) is 27.0 Å². The van der Waals surface area contributed by atoms with E-state index >= 15 is 0 Å². The molecule has 1 aromatic carbocycles. The zero-order valence-electron chi connectivity index (χ0n) is 10.4. The number of methoxy groups -OCH3 is 2. The summed E-state index contributed by atoms with van der Waals surface area (Å²) in [5.41, 5.74) is 2.42. The summed E-state index contributed by atoms with van der Waals surface area (Å²) in [5.74, 6) is 1.49. The van der Waals surface area contributed by atoms with Gasteiger partial charge < -0.3 is 14.0 Å². The highest BCUT2D eigenvalue weighted by atomic mass is 32.2. The van der Waals surface area contributed by atoms with E-state index in [1.54, 1.807) is 20.5 Å². The Morgan fingerprint density at radius 1 is 1.18 bits per heavy atom. The lowest BCUT2D eigenvalue weighted by molar-refractivity contribution is 0.349. The normalized spacial score (nSPS) is 17.4. The van der Waals surface area contributed by atoms with Crippen molar-refractivity contribution in [3.63, 3.8) is 0 Å². The average Bonchev–Trinajstić information content (AvgIpc) is 2.36. The van der Waals surface area contributed by atoms with Crippen LogP contribution in [0.3, 0.4) is 0 Å². The minimum atomic E-state index is -0.914. The molecule has 0 amide bonds. The van der Waals surface area contributed by atoms with E-state index in [1.807, 2.05) is 16.4 Å². The quantitative estimate of drug-likeness (QED) is 0.765. The highest BCUT2D eigenvalue weighted by Gasteiger charge is 2.24. The minimum Gasteiger partial charge on any atom is -0.598 e. The Morgan fingerprint density at radius 3 is 2.29 bits per heavy atom. The van der Waals surface area contributed by atoms with Gasteiger partial charge in [0.25, 0.3) is 0 Å². The molecular weight excluding hydrogens is 238 g/mol. The summed E-state index contributed by atoms with van der Waals surface area (Å²) in [6.07, 6.45) is 2.61. The summed E-state index contributed by atoms with van der Waals surface area (Å²) in [7, 11) is 3.27. The molecule has 1 unspecified atom stereocenters. The van der Waals surface area contributed by atoms with Gasteiger partial charge >= 0.3 is 0 Å². The molecule has 1 aliphatic rings. The third-order valence-electron chi connectivity index (χ3n) is 3.05. The summed E-state index contributed by atoms with van der Waals surface area (Å²) in [5, 5.41) is 0. The second kappa shape index (κ2) is 5.16. The Balaban J connectivity index is 2.32. The second-order valence-electron chi connectivity index (χ2n) is 4.01. The van der Waals surface area contributed by atoms with Crippen LogP contribution in [-0.4, -0.2) is 35.9 Å². The number of nitrogens with zero attached hydrogens (tertiary/aromatic N) is 1. The molecule has 1 heterocycles. The number of hydrogen-bond acceptors (Lipinski definition) is 4. The number of rotatable bonds is 3. The molecule has 4 nitrogen and oxygen atoms in total. The molecule has 2 rings (SSSR count). The average molecular weight is 255 g/mol. The van der Waals surface area contributed by atoms with E-state index in [2.05, 4.69) is 0 Å². The summed E-state index contributed by atoms with van der Waals surface area (Å²) in [6.45, 7) is 1.53. The fraction of sp³-hybridized carbons (Fsp3) is 0.500. The zero-order chi connectivity index (χ0) is 12.4. The van der Waals surface area contributed by atoms with Crippen LogP contribution < -0.4 is 9.47 Å². The Labute approximate surface area is 105 Å². The van der Waals surface area contributed by atoms with E-state index in [4.69, 9.17) is 9.47 Å². The van der Waals surface area contributed by atoms with Gasteiger partial charge in [0.05, 0.1) is 20.8 Å². The Hall–Kier alpha value is -0.910. The van der Waals surface area contributed by atoms with Crippen LogP contribution in [0.4, 0.5) is 0 Å². The van der Waals surface area contributed by atoms with E-state index in [0.29, 0.717) is 6.54 Å². The maximum Gasteiger partial charge on any atom is 0.161 e. The van der Waals surface area contributed by atoms with Crippen molar-refractivity contribution >= 4 is 11.4 Å². The number of hydrogen-bond donors (Lipinski definition) is 0. The molecule has 0 saturated heterocycles. The highest BCUT2D eigenvalue weighted by Crippen LogP contribution is 2.33. The van der Waals surface area contributed by atoms with Gasteiger partial charge in [0, 0.05) is 17.9 Å². The molecule has 0 radical (unpaired) electrons. The Kier molecular flexibility index (Phi) is 3.81. The molecule has 1 atom stereocenters. The van der Waals surface area contributed by atoms with E-state index in [-0.39, 0.29) is 0 Å². The maximum atomic E-state index is 11.5. The number of fused-ring (bicyclic) bond motifs is 1. The van der Waals surface area contributed by atoms with Gasteiger partial charge in [-0.05, 0) is 29.7 Å². The molecule has 94 valence electrons. The molecule has 1 aromatic rings. The first-order chi connectivity index (χ1) is 8.15. The van der Waals surface area contributed by atoms with Gasteiger partial charge in [-0.2, -0.15) is 0 Å². The molecule has 0 spiro atoms. The van der Waals surface area contributed by atoms with E-state index in [1.165, 1.54) is 11.1 Å². The van der Waals surface area contributed by atoms with Crippen molar-refractivity contribution in [2.24, 2.45) is 0 Å². The molecule has 0 N–H and O–H groups in total. The second-order valence-corrected chi connectivity index (χ2v) is 5.38. The monoisotopic (exact) mass is 255 g/mol. The largest absolute Gasteiger partial charge is 0.598 e. The van der Waals surface area contributed by atoms with Crippen LogP contribution in [0.2, 0.25) is 0 Å². The van der Waals surface area contributed by atoms with E-state index in [0.717, 1.165) is 24.5 Å². The Bertz CT molecular complexity index is 409. The van der Waals surface area contributed by atoms with Gasteiger partial charge in [-0.3, -0.25) is 0 Å². The fourth-order valence-corrected chi connectivity index (χ4v) is 2.75. The predicted molar refractivity (Wildman–Crippen MR) is 67.7 cm³/mol. The van der Waals surface area contributed by atoms with Crippen molar-refractivity contribution in [1.29, 1.82) is 0 Å². The van der Waals surface area contributed by atoms with Crippen LogP contribution in [0.15, 0.2) is 12.1 Å². The van der Waals surface area contributed by atoms with Crippen LogP contribution in [0.25, 0.3) is 0 Å². The lowest BCUT2D eigenvalue weighted by atomic mass is 10.0. The summed E-state index contributed by atoms with van der Waals surface area (Å²) >= 11 is -0.914. The third-order valence-corrected chi connectivity index (χ3v) is 4.09. The molecule has 5 heteroatoms. The SMILES string of the molecule is COc1cc2c(cc1OC)CN([S+](C)[O-])CC2. The molecule has 0 saturated carbocycles. The third kappa shape index (κ3) is 2.51. The van der Waals surface area contributed by atoms with Gasteiger partial charge in [-0.25, -0.2) is 0 Å². The molecule has 0 aromatic heterocycles. The van der Waals surface area contributed by atoms with Gasteiger partial charge in [-0.1, -0.05) is 0 Å². The van der Waals surface area contributed by atoms with Crippen LogP contribution in [0, 0.1) is 0 Å². The number of benzene rings is 1. The predicted octanol–water partition coefficient (Wildman–Crippen LogP) is 1.36. The first-order valence-electron chi connectivity index (χ1n) is 5.48. The van der Waals surface area contributed by atoms with Crippen LogP contribution in [0.1, 0.15) is 11.1 Å². The first kappa shape index (κ1) is 12.5. The molecular formula is C12H17NO3S. The minimum absolute atomic E-state index is 0.707. The summed E-state index contributed by atoms with van der Waals surface area (Å²) < 4.78 is 24.0. The fourth-order valence-electron chi connectivity index (χ4n) is 2.08. The maximum absolute atomic E-state index is 11.5. The lowest BCUT2D eigenvalue weighted by Gasteiger charge is -2.28. The van der Waals surface area contributed by atoms with Crippen LogP contribution in [-0.2, 0) is 24.3 Å². The van der Waals surface area contributed by atoms with E-state index < -0.39 is 11.4 Å². The Morgan fingerprint density at radius 2 is 1.76 bits per heavy atom. The lowest BCUT2D eigenvalue weighted by Crippen LogP contribution is -2.35. The van der Waals surface area contributed by atoms with Crippen molar-refractivity contribution in [2.45, 2.75) is 13.0 Å². The summed E-state index contributed by atoms with van der Waals surface area (Å²) in [6, 6.07) is 4.00. The van der Waals surface area contributed by atoms with Gasteiger partial charge in [0.15, 0.2) is 11.5 Å².